The average Bonchev–Trinajstić information content (AvgIpc) is 2.71. The highest BCUT2D eigenvalue weighted by atomic mass is 32.2. The van der Waals surface area contributed by atoms with Crippen LogP contribution in [0.5, 0.6) is 0 Å². The number of para-hydroxylation sites is 1. The number of nitrogens with zero attached hydrogens (tertiary/aromatic N) is 3. The second-order valence-corrected chi connectivity index (χ2v) is 7.28. The molecule has 0 bridgehead atoms. The molecule has 0 radical (unpaired) electrons. The number of fused-ring (bicyclic) bond motifs is 2. The van der Waals surface area contributed by atoms with E-state index in [0.717, 1.165) is 22.6 Å². The molecule has 0 aromatic heterocycles. The number of hydrogen-bond donors (Lipinski definition) is 1. The predicted molar refractivity (Wildman–Crippen MR) is 109 cm³/mol. The van der Waals surface area contributed by atoms with E-state index in [1.54, 1.807) is 11.1 Å². The van der Waals surface area contributed by atoms with Gasteiger partial charge in [0.15, 0.2) is 11.3 Å². The van der Waals surface area contributed by atoms with Crippen molar-refractivity contribution in [1.82, 2.24) is 10.3 Å². The Morgan fingerprint density at radius 2 is 2.00 bits per heavy atom. The standard InChI is InChI=1S/C21H20N4OS/c1-3-13-27-21-23-20(26)18-16-7-5-6-8-17(16)22-19(25(18)24-21)15-11-9-14(4-2)10-12-15/h3,5-12,19H,1,4,13H2,2H3,(H,23,24,26)/t19-/m0/s1. The van der Waals surface area contributed by atoms with E-state index in [2.05, 4.69) is 43.1 Å². The number of carbonyl (C=O) groups is 1. The zero-order valence-electron chi connectivity index (χ0n) is 15.1. The Morgan fingerprint density at radius 1 is 1.22 bits per heavy atom. The van der Waals surface area contributed by atoms with Gasteiger partial charge in [0.2, 0.25) is 0 Å². The summed E-state index contributed by atoms with van der Waals surface area (Å²) in [5, 5.41) is 11.5. The number of amides is 1. The molecule has 1 amide bonds. The molecular weight excluding hydrogens is 356 g/mol. The molecule has 0 fully saturated rings. The van der Waals surface area contributed by atoms with Crippen molar-refractivity contribution in [2.75, 3.05) is 5.75 Å². The number of hydrazone groups is 1. The van der Waals surface area contributed by atoms with E-state index in [4.69, 9.17) is 10.1 Å². The summed E-state index contributed by atoms with van der Waals surface area (Å²) < 4.78 is 0. The maximum absolute atomic E-state index is 12.9. The Morgan fingerprint density at radius 3 is 2.74 bits per heavy atom. The van der Waals surface area contributed by atoms with Crippen molar-refractivity contribution >= 4 is 28.5 Å². The minimum atomic E-state index is -0.369. The van der Waals surface area contributed by atoms with Crippen LogP contribution in [0.2, 0.25) is 0 Å². The van der Waals surface area contributed by atoms with Crippen LogP contribution in [-0.2, 0) is 11.2 Å². The van der Waals surface area contributed by atoms with E-state index in [-0.39, 0.29) is 12.1 Å². The molecule has 2 aromatic carbocycles. The average molecular weight is 376 g/mol. The van der Waals surface area contributed by atoms with Gasteiger partial charge in [-0.25, -0.2) is 5.01 Å². The summed E-state index contributed by atoms with van der Waals surface area (Å²) in [7, 11) is 0. The smallest absolute Gasteiger partial charge is 0.276 e. The molecule has 0 saturated heterocycles. The second kappa shape index (κ2) is 7.40. The van der Waals surface area contributed by atoms with Crippen molar-refractivity contribution in [3.63, 3.8) is 0 Å². The summed E-state index contributed by atoms with van der Waals surface area (Å²) in [5.41, 5.74) is 2.81. The topological polar surface area (TPSA) is 57.1 Å². The monoisotopic (exact) mass is 376 g/mol. The fraction of sp³-hybridized carbons (Fsp3) is 0.190. The number of nitrogens with one attached hydrogen (secondary N) is 1. The summed E-state index contributed by atoms with van der Waals surface area (Å²) in [6.07, 6.45) is 2.40. The van der Waals surface area contributed by atoms with E-state index in [9.17, 15) is 4.79 Å². The van der Waals surface area contributed by atoms with E-state index in [1.165, 1.54) is 17.3 Å². The Balaban J connectivity index is 1.87. The van der Waals surface area contributed by atoms with E-state index >= 15 is 0 Å². The van der Waals surface area contributed by atoms with Crippen molar-refractivity contribution in [3.05, 3.63) is 82.9 Å². The van der Waals surface area contributed by atoms with Gasteiger partial charge in [0.25, 0.3) is 5.91 Å². The Hall–Kier alpha value is -2.86. The number of hydrogen-bond acceptors (Lipinski definition) is 5. The zero-order chi connectivity index (χ0) is 18.8. The van der Waals surface area contributed by atoms with Gasteiger partial charge in [0.05, 0.1) is 5.36 Å². The molecule has 5 nitrogen and oxygen atoms in total. The highest BCUT2D eigenvalue weighted by molar-refractivity contribution is 8.14. The van der Waals surface area contributed by atoms with Gasteiger partial charge >= 0.3 is 0 Å². The van der Waals surface area contributed by atoms with Crippen LogP contribution in [0.1, 0.15) is 24.2 Å². The molecule has 4 rings (SSSR count). The molecule has 2 heterocycles. The third-order valence-electron chi connectivity index (χ3n) is 4.54. The van der Waals surface area contributed by atoms with Crippen LogP contribution in [0.3, 0.4) is 0 Å². The molecule has 0 spiro atoms. The van der Waals surface area contributed by atoms with Crippen molar-refractivity contribution in [2.24, 2.45) is 10.1 Å². The van der Waals surface area contributed by atoms with Gasteiger partial charge in [0, 0.05) is 11.0 Å². The van der Waals surface area contributed by atoms with Crippen LogP contribution in [0.4, 0.5) is 0 Å². The lowest BCUT2D eigenvalue weighted by Gasteiger charge is -2.34. The van der Waals surface area contributed by atoms with Crippen LogP contribution < -0.4 is 15.9 Å². The molecule has 1 N–H and O–H groups in total. The van der Waals surface area contributed by atoms with Crippen LogP contribution in [-0.4, -0.2) is 21.8 Å². The van der Waals surface area contributed by atoms with E-state index in [1.807, 2.05) is 24.3 Å². The number of amidine groups is 1. The fourth-order valence-corrected chi connectivity index (χ4v) is 3.76. The van der Waals surface area contributed by atoms with Crippen LogP contribution >= 0.6 is 11.8 Å². The molecule has 0 aliphatic carbocycles. The number of rotatable bonds is 4. The van der Waals surface area contributed by atoms with Crippen molar-refractivity contribution in [2.45, 2.75) is 19.5 Å². The van der Waals surface area contributed by atoms with Gasteiger partial charge in [-0.2, -0.15) is 0 Å². The first-order chi connectivity index (χ1) is 13.2. The minimum Gasteiger partial charge on any atom is -0.298 e. The van der Waals surface area contributed by atoms with Crippen LogP contribution in [0.15, 0.2) is 71.3 Å². The highest BCUT2D eigenvalue weighted by Gasteiger charge is 2.34. The molecule has 2 aliphatic heterocycles. The number of benzene rings is 2. The first-order valence-corrected chi connectivity index (χ1v) is 9.88. The Kier molecular flexibility index (Phi) is 4.81. The van der Waals surface area contributed by atoms with E-state index < -0.39 is 0 Å². The summed E-state index contributed by atoms with van der Waals surface area (Å²) in [6, 6.07) is 16.0. The zero-order valence-corrected chi connectivity index (χ0v) is 15.9. The van der Waals surface area contributed by atoms with Gasteiger partial charge in [-0.3, -0.25) is 15.1 Å². The first-order valence-electron chi connectivity index (χ1n) is 8.90. The number of aryl methyl sites for hydroxylation is 1. The van der Waals surface area contributed by atoms with Gasteiger partial charge in [-0.15, -0.1) is 11.7 Å². The van der Waals surface area contributed by atoms with Crippen LogP contribution in [0.25, 0.3) is 5.70 Å². The summed E-state index contributed by atoms with van der Waals surface area (Å²) >= 11 is 1.44. The number of carbonyl (C=O) groups excluding carboxylic acids is 1. The molecule has 2 aliphatic rings. The van der Waals surface area contributed by atoms with Gasteiger partial charge < -0.3 is 0 Å². The van der Waals surface area contributed by atoms with Crippen molar-refractivity contribution in [1.29, 1.82) is 0 Å². The summed E-state index contributed by atoms with van der Waals surface area (Å²) in [4.78, 5) is 17.8. The normalized spacial score (nSPS) is 18.0. The molecule has 136 valence electrons. The van der Waals surface area contributed by atoms with Crippen LogP contribution in [0, 0.1) is 0 Å². The Bertz CT molecular complexity index is 1040. The third-order valence-corrected chi connectivity index (χ3v) is 5.40. The molecule has 27 heavy (non-hydrogen) atoms. The molecular formula is C21H20N4OS. The summed E-state index contributed by atoms with van der Waals surface area (Å²) in [6.45, 7) is 5.86. The van der Waals surface area contributed by atoms with E-state index in [0.29, 0.717) is 16.6 Å². The van der Waals surface area contributed by atoms with Gasteiger partial charge in [-0.05, 0) is 23.6 Å². The SMILES string of the molecule is C=CCSC1=NN2C(=c3ccccc3=N[C@@H]2c2ccc(CC)cc2)C(=O)N1. The lowest BCUT2D eigenvalue weighted by molar-refractivity contribution is -0.116. The molecule has 0 unspecified atom stereocenters. The van der Waals surface area contributed by atoms with Crippen molar-refractivity contribution in [3.8, 4) is 0 Å². The molecule has 2 aromatic rings. The third kappa shape index (κ3) is 3.28. The molecule has 6 heteroatoms. The minimum absolute atomic E-state index is 0.158. The molecule has 1 atom stereocenters. The van der Waals surface area contributed by atoms with Gasteiger partial charge in [-0.1, -0.05) is 67.2 Å². The Labute approximate surface area is 162 Å². The number of thioether (sulfide) groups is 1. The lowest BCUT2D eigenvalue weighted by Crippen LogP contribution is -2.50. The molecule has 0 saturated carbocycles. The van der Waals surface area contributed by atoms with Gasteiger partial charge in [0.1, 0.15) is 5.70 Å². The maximum atomic E-state index is 12.9. The van der Waals surface area contributed by atoms with Crippen molar-refractivity contribution < 1.29 is 4.79 Å². The summed E-state index contributed by atoms with van der Waals surface area (Å²) in [5.74, 6) is 0.514. The quantitative estimate of drug-likeness (QED) is 0.833. The first kappa shape index (κ1) is 17.5. The lowest BCUT2D eigenvalue weighted by atomic mass is 10.1. The highest BCUT2D eigenvalue weighted by Crippen LogP contribution is 2.30. The second-order valence-electron chi connectivity index (χ2n) is 6.27. The maximum Gasteiger partial charge on any atom is 0.276 e. The fourth-order valence-electron chi connectivity index (χ4n) is 3.17. The predicted octanol–water partition coefficient (Wildman–Crippen LogP) is 2.31. The largest absolute Gasteiger partial charge is 0.298 e.